The number of carbonyl (C=O) groups is 1. The van der Waals surface area contributed by atoms with Gasteiger partial charge in [0.15, 0.2) is 10.9 Å². The molecule has 1 aliphatic heterocycles. The number of hydrogen-bond donors (Lipinski definition) is 1. The van der Waals surface area contributed by atoms with E-state index < -0.39 is 11.8 Å². The van der Waals surface area contributed by atoms with E-state index in [1.807, 2.05) is 6.07 Å². The molecule has 1 saturated heterocycles. The Kier molecular flexibility index (Phi) is 5.36. The largest absolute Gasteiger partial charge is 0.478 e. The highest BCUT2D eigenvalue weighted by atomic mass is 35.5. The lowest BCUT2D eigenvalue weighted by atomic mass is 10.0. The molecule has 6 nitrogen and oxygen atoms in total. The summed E-state index contributed by atoms with van der Waals surface area (Å²) in [5.74, 6) is 0.933. The Balaban J connectivity index is 1.11. The summed E-state index contributed by atoms with van der Waals surface area (Å²) in [6.07, 6.45) is 6.54. The van der Waals surface area contributed by atoms with Crippen LogP contribution < -0.4 is 4.90 Å². The van der Waals surface area contributed by atoms with E-state index in [4.69, 9.17) is 27.7 Å². The van der Waals surface area contributed by atoms with E-state index in [1.54, 1.807) is 12.1 Å². The van der Waals surface area contributed by atoms with Crippen molar-refractivity contribution in [3.8, 4) is 11.3 Å². The van der Waals surface area contributed by atoms with Crippen molar-refractivity contribution in [2.24, 2.45) is 17.8 Å². The molecular formula is C27H20Cl2FN3O3S. The third-order valence-electron chi connectivity index (χ3n) is 7.60. The molecule has 188 valence electrons. The molecule has 2 unspecified atom stereocenters. The van der Waals surface area contributed by atoms with Crippen molar-refractivity contribution in [3.63, 3.8) is 0 Å². The zero-order chi connectivity index (χ0) is 25.4. The van der Waals surface area contributed by atoms with Crippen LogP contribution in [0.5, 0.6) is 0 Å². The molecule has 2 aromatic heterocycles. The standard InChI is InChI=1S/C27H20Cl2FN3O3S/c28-18-2-1-3-19(29)22(18)23-15(25(36-32-23)12-4-5-12)7-6-14-16-10-33(11-17(14)16)27-31-24-20(30)8-13(26(34)35)9-21(24)37-27/h1-3,6-9,12,14,16-17H,4-5,10-11H2,(H,34,35). The lowest BCUT2D eigenvalue weighted by Gasteiger charge is -2.17. The van der Waals surface area contributed by atoms with Gasteiger partial charge in [0.05, 0.1) is 20.3 Å². The average Bonchev–Trinajstić information content (AvgIpc) is 3.62. The lowest BCUT2D eigenvalue weighted by molar-refractivity contribution is 0.0696. The van der Waals surface area contributed by atoms with Crippen LogP contribution in [0.15, 0.2) is 40.9 Å². The minimum absolute atomic E-state index is 0.0635. The highest BCUT2D eigenvalue weighted by molar-refractivity contribution is 7.22. The van der Waals surface area contributed by atoms with Crippen LogP contribution in [0.2, 0.25) is 10.0 Å². The Bertz CT molecular complexity index is 1580. The molecule has 3 aliphatic rings. The number of nitrogens with zero attached hydrogens (tertiary/aromatic N) is 3. The maximum absolute atomic E-state index is 14.4. The molecule has 0 bridgehead atoms. The SMILES string of the molecule is O=C(O)c1cc(F)c2nc(N3CC4C(C=Cc5c(-c6c(Cl)cccc6Cl)noc5C5CC5)C4C3)sc2c1. The second-order valence-corrected chi connectivity index (χ2v) is 11.8. The predicted molar refractivity (Wildman–Crippen MR) is 142 cm³/mol. The van der Waals surface area contributed by atoms with E-state index >= 15 is 0 Å². The quantitative estimate of drug-likeness (QED) is 0.267. The zero-order valence-corrected chi connectivity index (χ0v) is 21.7. The fourth-order valence-electron chi connectivity index (χ4n) is 5.47. The van der Waals surface area contributed by atoms with E-state index in [9.17, 15) is 14.3 Å². The smallest absolute Gasteiger partial charge is 0.335 e. The molecule has 1 N–H and O–H groups in total. The fraction of sp³-hybridized carbons (Fsp3) is 0.296. The van der Waals surface area contributed by atoms with Crippen molar-refractivity contribution in [3.05, 3.63) is 69.2 Å². The summed E-state index contributed by atoms with van der Waals surface area (Å²) in [5.41, 5.74) is 2.49. The van der Waals surface area contributed by atoms with Crippen molar-refractivity contribution in [2.45, 2.75) is 18.8 Å². The topological polar surface area (TPSA) is 79.5 Å². The molecule has 0 radical (unpaired) electrons. The molecule has 0 amide bonds. The third-order valence-corrected chi connectivity index (χ3v) is 9.30. The van der Waals surface area contributed by atoms with Gasteiger partial charge in [-0.15, -0.1) is 0 Å². The number of carboxylic acid groups (broad SMARTS) is 1. The van der Waals surface area contributed by atoms with E-state index in [-0.39, 0.29) is 11.1 Å². The number of halogens is 3. The van der Waals surface area contributed by atoms with Gasteiger partial charge in [-0.25, -0.2) is 14.2 Å². The number of hydrogen-bond acceptors (Lipinski definition) is 6. The van der Waals surface area contributed by atoms with E-state index in [2.05, 4.69) is 27.2 Å². The van der Waals surface area contributed by atoms with Crippen LogP contribution in [0.3, 0.4) is 0 Å². The van der Waals surface area contributed by atoms with Crippen LogP contribution in [0, 0.1) is 23.6 Å². The molecule has 7 rings (SSSR count). The Morgan fingerprint density at radius 2 is 1.92 bits per heavy atom. The summed E-state index contributed by atoms with van der Waals surface area (Å²) in [6, 6.07) is 7.94. The van der Waals surface area contributed by atoms with Gasteiger partial charge in [-0.3, -0.25) is 0 Å². The number of piperidine rings is 1. The zero-order valence-electron chi connectivity index (χ0n) is 19.3. The molecule has 37 heavy (non-hydrogen) atoms. The highest BCUT2D eigenvalue weighted by Gasteiger charge is 2.54. The predicted octanol–water partition coefficient (Wildman–Crippen LogP) is 7.37. The van der Waals surface area contributed by atoms with Crippen LogP contribution in [-0.4, -0.2) is 34.3 Å². The van der Waals surface area contributed by atoms with E-state index in [0.717, 1.165) is 48.5 Å². The number of thiazole rings is 1. The second-order valence-electron chi connectivity index (χ2n) is 9.96. The first-order chi connectivity index (χ1) is 17.9. The van der Waals surface area contributed by atoms with Crippen molar-refractivity contribution >= 4 is 61.9 Å². The van der Waals surface area contributed by atoms with Gasteiger partial charge in [0.2, 0.25) is 0 Å². The molecule has 2 saturated carbocycles. The van der Waals surface area contributed by atoms with Crippen LogP contribution >= 0.6 is 34.5 Å². The third kappa shape index (κ3) is 3.93. The van der Waals surface area contributed by atoms with E-state index in [1.165, 1.54) is 17.4 Å². The molecule has 3 fully saturated rings. The van der Waals surface area contributed by atoms with E-state index in [0.29, 0.717) is 49.7 Å². The Labute approximate surface area is 225 Å². The summed E-state index contributed by atoms with van der Waals surface area (Å²) >= 11 is 14.3. The van der Waals surface area contributed by atoms with Gasteiger partial charge in [-0.2, -0.15) is 0 Å². The van der Waals surface area contributed by atoms with Gasteiger partial charge in [0, 0.05) is 30.1 Å². The molecular weight excluding hydrogens is 536 g/mol. The number of anilines is 1. The van der Waals surface area contributed by atoms with Gasteiger partial charge in [-0.05, 0) is 54.9 Å². The Morgan fingerprint density at radius 1 is 1.19 bits per heavy atom. The van der Waals surface area contributed by atoms with Crippen LogP contribution in [-0.2, 0) is 0 Å². The molecule has 3 heterocycles. The Hall–Kier alpha value is -2.94. The van der Waals surface area contributed by atoms with Gasteiger partial charge < -0.3 is 14.5 Å². The van der Waals surface area contributed by atoms with Crippen molar-refractivity contribution < 1.29 is 18.8 Å². The van der Waals surface area contributed by atoms with Crippen molar-refractivity contribution in [1.29, 1.82) is 0 Å². The number of aromatic carboxylic acids is 1. The van der Waals surface area contributed by atoms with Gasteiger partial charge in [0.1, 0.15) is 17.0 Å². The Morgan fingerprint density at radius 3 is 2.59 bits per heavy atom. The lowest BCUT2D eigenvalue weighted by Crippen LogP contribution is -2.23. The van der Waals surface area contributed by atoms with Gasteiger partial charge in [-0.1, -0.05) is 57.9 Å². The maximum Gasteiger partial charge on any atom is 0.335 e. The number of allylic oxidation sites excluding steroid dienone is 1. The summed E-state index contributed by atoms with van der Waals surface area (Å²) < 4.78 is 20.7. The summed E-state index contributed by atoms with van der Waals surface area (Å²) in [4.78, 5) is 17.9. The monoisotopic (exact) mass is 555 g/mol. The first kappa shape index (κ1) is 23.2. The number of aromatic nitrogens is 2. The fourth-order valence-corrected chi connectivity index (χ4v) is 7.09. The number of benzene rings is 2. The summed E-state index contributed by atoms with van der Waals surface area (Å²) in [5, 5.41) is 15.4. The summed E-state index contributed by atoms with van der Waals surface area (Å²) in [6.45, 7) is 1.66. The molecule has 2 aromatic carbocycles. The molecule has 10 heteroatoms. The summed E-state index contributed by atoms with van der Waals surface area (Å²) in [7, 11) is 0. The number of rotatable bonds is 6. The average molecular weight is 556 g/mol. The van der Waals surface area contributed by atoms with Crippen molar-refractivity contribution in [2.75, 3.05) is 18.0 Å². The van der Waals surface area contributed by atoms with Crippen molar-refractivity contribution in [1.82, 2.24) is 10.1 Å². The van der Waals surface area contributed by atoms with Crippen LogP contribution in [0.25, 0.3) is 27.6 Å². The molecule has 2 aliphatic carbocycles. The first-order valence-electron chi connectivity index (χ1n) is 12.1. The normalized spacial score (nSPS) is 22.8. The minimum Gasteiger partial charge on any atom is -0.478 e. The second kappa shape index (κ2) is 8.55. The number of carboxylic acids is 1. The highest BCUT2D eigenvalue weighted by Crippen LogP contribution is 2.55. The molecule has 2 atom stereocenters. The minimum atomic E-state index is -1.15. The van der Waals surface area contributed by atoms with Crippen LogP contribution in [0.4, 0.5) is 9.52 Å². The maximum atomic E-state index is 14.4. The number of fused-ring (bicyclic) bond motifs is 2. The van der Waals surface area contributed by atoms with Gasteiger partial charge >= 0.3 is 5.97 Å². The van der Waals surface area contributed by atoms with Gasteiger partial charge in [0.25, 0.3) is 0 Å². The first-order valence-corrected chi connectivity index (χ1v) is 13.7. The van der Waals surface area contributed by atoms with Crippen LogP contribution in [0.1, 0.15) is 40.4 Å². The molecule has 0 spiro atoms. The molecule has 4 aromatic rings.